The second-order valence-corrected chi connectivity index (χ2v) is 2.94. The minimum absolute atomic E-state index is 0.267. The Morgan fingerprint density at radius 3 is 3.00 bits per heavy atom. The molecule has 0 saturated heterocycles. The van der Waals surface area contributed by atoms with Gasteiger partial charge in [0.2, 0.25) is 0 Å². The summed E-state index contributed by atoms with van der Waals surface area (Å²) in [4.78, 5) is 4.87. The van der Waals surface area contributed by atoms with Crippen LogP contribution in [0.4, 0.5) is 0 Å². The van der Waals surface area contributed by atoms with Crippen LogP contribution in [0.3, 0.4) is 0 Å². The molecule has 0 aliphatic carbocycles. The van der Waals surface area contributed by atoms with Gasteiger partial charge in [-0.15, -0.1) is 11.3 Å². The van der Waals surface area contributed by atoms with E-state index in [0.29, 0.717) is 0 Å². The first kappa shape index (κ1) is 7.65. The van der Waals surface area contributed by atoms with E-state index >= 15 is 0 Å². The number of aliphatic hydroxyl groups is 1. The number of aryl methyl sites for hydroxylation is 1. The fraction of sp³-hybridized carbons (Fsp3) is 0.500. The molecule has 10 heavy (non-hydrogen) atoms. The van der Waals surface area contributed by atoms with E-state index in [0.717, 1.165) is 10.6 Å². The number of nitrogens with zero attached hydrogens (tertiary/aromatic N) is 1. The zero-order valence-electron chi connectivity index (χ0n) is 5.74. The minimum Gasteiger partial charge on any atom is -0.386 e. The van der Waals surface area contributed by atoms with Crippen LogP contribution in [-0.4, -0.2) is 16.6 Å². The number of nitrogens with two attached hydrogens (primary N) is 1. The number of aliphatic hydroxyl groups excluding tert-OH is 1. The summed E-state index contributed by atoms with van der Waals surface area (Å²) >= 11 is 1.44. The van der Waals surface area contributed by atoms with Crippen LogP contribution in [0.2, 0.25) is 0 Å². The monoisotopic (exact) mass is 158 g/mol. The van der Waals surface area contributed by atoms with Gasteiger partial charge in [0.15, 0.2) is 0 Å². The first-order chi connectivity index (χ1) is 4.75. The van der Waals surface area contributed by atoms with Crippen LogP contribution >= 0.6 is 11.3 Å². The highest BCUT2D eigenvalue weighted by Gasteiger charge is 2.09. The molecule has 0 amide bonds. The van der Waals surface area contributed by atoms with Gasteiger partial charge in [-0.05, 0) is 6.92 Å². The van der Waals surface area contributed by atoms with Crippen molar-refractivity contribution in [2.24, 2.45) is 5.73 Å². The molecule has 4 heteroatoms. The van der Waals surface area contributed by atoms with Gasteiger partial charge in [-0.3, -0.25) is 0 Å². The molecule has 0 spiro atoms. The standard InChI is InChI=1S/C6H10N2OS/c1-4-6(5(9)2-7)10-3-8-4/h3,5,9H,2,7H2,1H3/t5-/m0/s1. The smallest absolute Gasteiger partial charge is 0.102 e. The molecule has 56 valence electrons. The van der Waals surface area contributed by atoms with Gasteiger partial charge in [-0.2, -0.15) is 0 Å². The van der Waals surface area contributed by atoms with E-state index in [1.807, 2.05) is 6.92 Å². The van der Waals surface area contributed by atoms with Crippen LogP contribution in [-0.2, 0) is 0 Å². The van der Waals surface area contributed by atoms with Crippen LogP contribution in [0.25, 0.3) is 0 Å². The quantitative estimate of drug-likeness (QED) is 0.656. The lowest BCUT2D eigenvalue weighted by atomic mass is 10.2. The lowest BCUT2D eigenvalue weighted by Crippen LogP contribution is -2.10. The van der Waals surface area contributed by atoms with Crippen molar-refractivity contribution in [1.29, 1.82) is 0 Å². The summed E-state index contributed by atoms with van der Waals surface area (Å²) in [5.41, 5.74) is 7.85. The molecule has 0 radical (unpaired) electrons. The van der Waals surface area contributed by atoms with Gasteiger partial charge in [0.05, 0.1) is 16.1 Å². The fourth-order valence-electron chi connectivity index (χ4n) is 0.738. The van der Waals surface area contributed by atoms with Crippen LogP contribution in [0.15, 0.2) is 5.51 Å². The average molecular weight is 158 g/mol. The molecule has 1 atom stereocenters. The van der Waals surface area contributed by atoms with Crippen LogP contribution in [0, 0.1) is 6.92 Å². The Morgan fingerprint density at radius 1 is 1.90 bits per heavy atom. The van der Waals surface area contributed by atoms with E-state index in [-0.39, 0.29) is 6.54 Å². The van der Waals surface area contributed by atoms with E-state index in [2.05, 4.69) is 4.98 Å². The van der Waals surface area contributed by atoms with Crippen molar-refractivity contribution in [3.8, 4) is 0 Å². The van der Waals surface area contributed by atoms with Crippen LogP contribution in [0.1, 0.15) is 16.7 Å². The topological polar surface area (TPSA) is 59.1 Å². The maximum Gasteiger partial charge on any atom is 0.102 e. The SMILES string of the molecule is Cc1ncsc1[C@@H](O)CN. The number of rotatable bonds is 2. The van der Waals surface area contributed by atoms with Gasteiger partial charge in [-0.25, -0.2) is 4.98 Å². The number of hydrogen-bond donors (Lipinski definition) is 2. The van der Waals surface area contributed by atoms with E-state index in [9.17, 15) is 5.11 Å². The van der Waals surface area contributed by atoms with Gasteiger partial charge >= 0.3 is 0 Å². The molecule has 1 aromatic heterocycles. The average Bonchev–Trinajstić information content (AvgIpc) is 2.34. The predicted molar refractivity (Wildman–Crippen MR) is 40.9 cm³/mol. The summed E-state index contributed by atoms with van der Waals surface area (Å²) in [6.45, 7) is 2.13. The fourth-order valence-corrected chi connectivity index (χ4v) is 1.54. The Bertz CT molecular complexity index is 211. The number of aromatic nitrogens is 1. The molecule has 0 aliphatic heterocycles. The third-order valence-electron chi connectivity index (χ3n) is 1.31. The Balaban J connectivity index is 2.82. The Kier molecular flexibility index (Phi) is 2.37. The van der Waals surface area contributed by atoms with E-state index in [4.69, 9.17) is 5.73 Å². The lowest BCUT2D eigenvalue weighted by Gasteiger charge is -2.03. The Labute approximate surface area is 63.5 Å². The largest absolute Gasteiger partial charge is 0.386 e. The molecular weight excluding hydrogens is 148 g/mol. The second-order valence-electron chi connectivity index (χ2n) is 2.05. The van der Waals surface area contributed by atoms with Crippen molar-refractivity contribution in [3.05, 3.63) is 16.1 Å². The molecule has 0 unspecified atom stereocenters. The maximum atomic E-state index is 9.24. The highest BCUT2D eigenvalue weighted by atomic mass is 32.1. The summed E-state index contributed by atoms with van der Waals surface area (Å²) in [5.74, 6) is 0. The molecule has 1 heterocycles. The van der Waals surface area contributed by atoms with Crippen molar-refractivity contribution in [1.82, 2.24) is 4.98 Å². The van der Waals surface area contributed by atoms with Gasteiger partial charge in [0.1, 0.15) is 6.10 Å². The van der Waals surface area contributed by atoms with Crippen LogP contribution in [0.5, 0.6) is 0 Å². The molecule has 0 fully saturated rings. The lowest BCUT2D eigenvalue weighted by molar-refractivity contribution is 0.189. The van der Waals surface area contributed by atoms with E-state index < -0.39 is 6.10 Å². The predicted octanol–water partition coefficient (Wildman–Crippen LogP) is 0.444. The van der Waals surface area contributed by atoms with Crippen molar-refractivity contribution in [3.63, 3.8) is 0 Å². The van der Waals surface area contributed by atoms with Crippen molar-refractivity contribution >= 4 is 11.3 Å². The van der Waals surface area contributed by atoms with Gasteiger partial charge in [-0.1, -0.05) is 0 Å². The summed E-state index contributed by atoms with van der Waals surface area (Å²) in [6, 6.07) is 0. The highest BCUT2D eigenvalue weighted by molar-refractivity contribution is 7.09. The highest BCUT2D eigenvalue weighted by Crippen LogP contribution is 2.19. The third kappa shape index (κ3) is 1.34. The molecule has 0 aromatic carbocycles. The van der Waals surface area contributed by atoms with Crippen molar-refractivity contribution in [2.75, 3.05) is 6.54 Å². The molecule has 1 rings (SSSR count). The third-order valence-corrected chi connectivity index (χ3v) is 2.34. The van der Waals surface area contributed by atoms with Gasteiger partial charge in [0.25, 0.3) is 0 Å². The summed E-state index contributed by atoms with van der Waals surface area (Å²) in [7, 11) is 0. The van der Waals surface area contributed by atoms with Gasteiger partial charge in [0, 0.05) is 6.54 Å². The Hall–Kier alpha value is -0.450. The second kappa shape index (κ2) is 3.09. The normalized spacial score (nSPS) is 13.5. The van der Waals surface area contributed by atoms with Crippen molar-refractivity contribution < 1.29 is 5.11 Å². The first-order valence-electron chi connectivity index (χ1n) is 3.04. The number of thiazole rings is 1. The maximum absolute atomic E-state index is 9.24. The summed E-state index contributed by atoms with van der Waals surface area (Å²) in [5, 5.41) is 9.24. The molecule has 0 aliphatic rings. The Morgan fingerprint density at radius 2 is 2.60 bits per heavy atom. The van der Waals surface area contributed by atoms with Crippen molar-refractivity contribution in [2.45, 2.75) is 13.0 Å². The number of hydrogen-bond acceptors (Lipinski definition) is 4. The molecular formula is C6H10N2OS. The van der Waals surface area contributed by atoms with E-state index in [1.54, 1.807) is 5.51 Å². The molecule has 1 aromatic rings. The summed E-state index contributed by atoms with van der Waals surface area (Å²) in [6.07, 6.45) is -0.535. The first-order valence-corrected chi connectivity index (χ1v) is 3.91. The molecule has 0 saturated carbocycles. The van der Waals surface area contributed by atoms with Crippen LogP contribution < -0.4 is 5.73 Å². The molecule has 3 N–H and O–H groups in total. The zero-order valence-corrected chi connectivity index (χ0v) is 6.56. The molecule has 0 bridgehead atoms. The summed E-state index contributed by atoms with van der Waals surface area (Å²) < 4.78 is 0. The minimum atomic E-state index is -0.535. The molecule has 3 nitrogen and oxygen atoms in total. The zero-order chi connectivity index (χ0) is 7.56. The van der Waals surface area contributed by atoms with Gasteiger partial charge < -0.3 is 10.8 Å². The van der Waals surface area contributed by atoms with E-state index in [1.165, 1.54) is 11.3 Å².